The van der Waals surface area contributed by atoms with Crippen LogP contribution in [0.5, 0.6) is 0 Å². The highest BCUT2D eigenvalue weighted by molar-refractivity contribution is 7.18. The lowest BCUT2D eigenvalue weighted by molar-refractivity contribution is -0.117. The summed E-state index contributed by atoms with van der Waals surface area (Å²) in [5, 5.41) is 3.08. The highest BCUT2D eigenvalue weighted by Crippen LogP contribution is 2.33. The van der Waals surface area contributed by atoms with Crippen molar-refractivity contribution in [2.24, 2.45) is 5.73 Å². The van der Waals surface area contributed by atoms with Crippen molar-refractivity contribution >= 4 is 34.1 Å². The molecule has 34 heavy (non-hydrogen) atoms. The topological polar surface area (TPSA) is 114 Å². The van der Waals surface area contributed by atoms with E-state index in [1.54, 1.807) is 6.92 Å². The minimum atomic E-state index is -0.653. The average molecular weight is 489 g/mol. The molecule has 9 nitrogen and oxygen atoms in total. The number of ether oxygens (including phenoxy) is 2. The van der Waals surface area contributed by atoms with E-state index < -0.39 is 11.9 Å². The van der Waals surface area contributed by atoms with Gasteiger partial charge in [-0.1, -0.05) is 30.3 Å². The minimum absolute atomic E-state index is 0.0666. The molecule has 0 aliphatic carbocycles. The van der Waals surface area contributed by atoms with Crippen LogP contribution in [-0.2, 0) is 20.8 Å². The number of primary amides is 1. The van der Waals surface area contributed by atoms with E-state index >= 15 is 0 Å². The number of nitrogens with one attached hydrogen (secondary N) is 1. The Morgan fingerprint density at radius 1 is 1.06 bits per heavy atom. The molecule has 2 aromatic rings. The molecule has 184 valence electrons. The first kappa shape index (κ1) is 25.8. The maximum atomic E-state index is 12.8. The van der Waals surface area contributed by atoms with E-state index in [4.69, 9.17) is 15.2 Å². The van der Waals surface area contributed by atoms with Crippen molar-refractivity contribution in [2.75, 3.05) is 58.4 Å². The number of anilines is 1. The van der Waals surface area contributed by atoms with Gasteiger partial charge in [-0.15, -0.1) is 11.3 Å². The third kappa shape index (κ3) is 7.10. The molecule has 2 heterocycles. The van der Waals surface area contributed by atoms with Crippen molar-refractivity contribution < 1.29 is 23.9 Å². The molecule has 10 heteroatoms. The van der Waals surface area contributed by atoms with Crippen LogP contribution >= 0.6 is 11.3 Å². The summed E-state index contributed by atoms with van der Waals surface area (Å²) < 4.78 is 10.1. The quantitative estimate of drug-likeness (QED) is 0.389. The molecule has 3 N–H and O–H groups in total. The fourth-order valence-corrected chi connectivity index (χ4v) is 4.99. The summed E-state index contributed by atoms with van der Waals surface area (Å²) in [6, 6.07) is 10.3. The van der Waals surface area contributed by atoms with E-state index in [-0.39, 0.29) is 41.1 Å². The molecular weight excluding hydrogens is 456 g/mol. The van der Waals surface area contributed by atoms with Crippen LogP contribution in [-0.4, -0.2) is 80.6 Å². The van der Waals surface area contributed by atoms with Crippen molar-refractivity contribution in [3.8, 4) is 0 Å². The summed E-state index contributed by atoms with van der Waals surface area (Å²) in [5.41, 5.74) is 7.30. The first-order valence-corrected chi connectivity index (χ1v) is 12.1. The number of nitrogens with zero attached hydrogens (tertiary/aromatic N) is 2. The molecule has 1 saturated heterocycles. The lowest BCUT2D eigenvalue weighted by Crippen LogP contribution is -2.36. The second-order valence-corrected chi connectivity index (χ2v) is 9.21. The number of hydrogen-bond donors (Lipinski definition) is 2. The van der Waals surface area contributed by atoms with Crippen LogP contribution in [0.4, 0.5) is 5.00 Å². The van der Waals surface area contributed by atoms with Crippen LogP contribution in [0.3, 0.4) is 0 Å². The largest absolute Gasteiger partial charge is 0.460 e. The molecule has 0 atom stereocenters. The number of rotatable bonds is 10. The Labute approximate surface area is 203 Å². The zero-order valence-corrected chi connectivity index (χ0v) is 20.5. The van der Waals surface area contributed by atoms with Crippen molar-refractivity contribution in [2.45, 2.75) is 19.9 Å². The summed E-state index contributed by atoms with van der Waals surface area (Å²) in [6.07, 6.45) is 0.959. The van der Waals surface area contributed by atoms with Gasteiger partial charge in [0.05, 0.1) is 23.6 Å². The first-order chi connectivity index (χ1) is 16.4. The van der Waals surface area contributed by atoms with Crippen molar-refractivity contribution in [1.29, 1.82) is 0 Å². The number of benzene rings is 1. The van der Waals surface area contributed by atoms with Gasteiger partial charge in [-0.25, -0.2) is 4.79 Å². The molecule has 2 amide bonds. The first-order valence-electron chi connectivity index (χ1n) is 11.3. The van der Waals surface area contributed by atoms with Gasteiger partial charge in [-0.3, -0.25) is 19.4 Å². The maximum absolute atomic E-state index is 12.8. The van der Waals surface area contributed by atoms with Crippen LogP contribution in [0.15, 0.2) is 30.3 Å². The van der Waals surface area contributed by atoms with E-state index in [2.05, 4.69) is 27.2 Å². The van der Waals surface area contributed by atoms with Gasteiger partial charge in [-0.05, 0) is 37.6 Å². The third-order valence-corrected chi connectivity index (χ3v) is 6.87. The zero-order valence-electron chi connectivity index (χ0n) is 19.7. The number of thiophene rings is 1. The summed E-state index contributed by atoms with van der Waals surface area (Å²) in [4.78, 5) is 42.0. The van der Waals surface area contributed by atoms with E-state index in [1.807, 2.05) is 18.2 Å². The van der Waals surface area contributed by atoms with E-state index in [1.165, 1.54) is 12.7 Å². The van der Waals surface area contributed by atoms with Gasteiger partial charge in [0, 0.05) is 26.7 Å². The molecule has 1 aromatic heterocycles. The van der Waals surface area contributed by atoms with Gasteiger partial charge >= 0.3 is 5.97 Å². The number of carbonyl (C=O) groups is 3. The summed E-state index contributed by atoms with van der Waals surface area (Å²) >= 11 is 0.993. The lowest BCUT2D eigenvalue weighted by Gasteiger charge is -2.21. The van der Waals surface area contributed by atoms with Crippen LogP contribution in [0.1, 0.15) is 37.6 Å². The SMILES string of the molecule is COCCOC(=O)c1c(NC(=O)CN2CCCN(Cc3ccccc3)CC2)sc(C(N)=O)c1C. The Bertz CT molecular complexity index is 995. The fraction of sp³-hybridized carbons (Fsp3) is 0.458. The second-order valence-electron chi connectivity index (χ2n) is 8.19. The van der Waals surface area contributed by atoms with Crippen LogP contribution in [0.2, 0.25) is 0 Å². The van der Waals surface area contributed by atoms with Gasteiger partial charge in [0.2, 0.25) is 5.91 Å². The van der Waals surface area contributed by atoms with Gasteiger partial charge in [0.15, 0.2) is 0 Å². The molecule has 1 aliphatic heterocycles. The molecule has 0 saturated carbocycles. The summed E-state index contributed by atoms with van der Waals surface area (Å²) in [7, 11) is 1.50. The minimum Gasteiger partial charge on any atom is -0.460 e. The molecule has 1 aromatic carbocycles. The van der Waals surface area contributed by atoms with Gasteiger partial charge < -0.3 is 20.5 Å². The van der Waals surface area contributed by atoms with E-state index in [0.717, 1.165) is 50.5 Å². The Morgan fingerprint density at radius 3 is 2.47 bits per heavy atom. The smallest absolute Gasteiger partial charge is 0.341 e. The fourth-order valence-electron chi connectivity index (χ4n) is 3.92. The molecule has 1 aliphatic rings. The molecule has 0 unspecified atom stereocenters. The number of esters is 1. The zero-order chi connectivity index (χ0) is 24.5. The Hall–Kier alpha value is -2.79. The molecule has 0 spiro atoms. The Morgan fingerprint density at radius 2 is 1.76 bits per heavy atom. The molecule has 0 radical (unpaired) electrons. The van der Waals surface area contributed by atoms with Gasteiger partial charge in [-0.2, -0.15) is 0 Å². The van der Waals surface area contributed by atoms with Crippen LogP contribution < -0.4 is 11.1 Å². The molecule has 1 fully saturated rings. The summed E-state index contributed by atoms with van der Waals surface area (Å²) in [5.74, 6) is -1.53. The predicted octanol–water partition coefficient (Wildman–Crippen LogP) is 2.11. The van der Waals surface area contributed by atoms with Gasteiger partial charge in [0.25, 0.3) is 5.91 Å². The maximum Gasteiger partial charge on any atom is 0.341 e. The van der Waals surface area contributed by atoms with Crippen molar-refractivity contribution in [3.05, 3.63) is 51.9 Å². The number of hydrogen-bond acceptors (Lipinski definition) is 8. The summed E-state index contributed by atoms with van der Waals surface area (Å²) in [6.45, 7) is 6.42. The van der Waals surface area contributed by atoms with Crippen LogP contribution in [0.25, 0.3) is 0 Å². The Kier molecular flexibility index (Phi) is 9.58. The number of methoxy groups -OCH3 is 1. The number of nitrogens with two attached hydrogens (primary N) is 1. The molecule has 3 rings (SSSR count). The van der Waals surface area contributed by atoms with Crippen molar-refractivity contribution in [1.82, 2.24) is 9.80 Å². The second kappa shape index (κ2) is 12.6. The third-order valence-electron chi connectivity index (χ3n) is 5.65. The Balaban J connectivity index is 1.61. The van der Waals surface area contributed by atoms with Gasteiger partial charge in [0.1, 0.15) is 11.6 Å². The molecular formula is C24H32N4O5S. The highest BCUT2D eigenvalue weighted by Gasteiger charge is 2.26. The average Bonchev–Trinajstić information content (AvgIpc) is 2.97. The number of carbonyl (C=O) groups excluding carboxylic acids is 3. The van der Waals surface area contributed by atoms with Crippen molar-refractivity contribution in [3.63, 3.8) is 0 Å². The van der Waals surface area contributed by atoms with Crippen LogP contribution in [0, 0.1) is 6.92 Å². The highest BCUT2D eigenvalue weighted by atomic mass is 32.1. The van der Waals surface area contributed by atoms with E-state index in [9.17, 15) is 14.4 Å². The standard InChI is InChI=1S/C24H32N4O5S/c1-17-20(24(31)33-14-13-32-2)23(34-21(17)22(25)30)26-19(29)16-28-10-6-9-27(11-12-28)15-18-7-4-3-5-8-18/h3-5,7-8H,6,9-16H2,1-2H3,(H2,25,30)(H,26,29). The molecule has 0 bridgehead atoms. The predicted molar refractivity (Wildman–Crippen MR) is 131 cm³/mol. The lowest BCUT2D eigenvalue weighted by atomic mass is 10.1. The number of amides is 2. The normalized spacial score (nSPS) is 15.0. The van der Waals surface area contributed by atoms with E-state index in [0.29, 0.717) is 5.56 Å². The monoisotopic (exact) mass is 488 g/mol.